The summed E-state index contributed by atoms with van der Waals surface area (Å²) in [6.07, 6.45) is 3.55. The van der Waals surface area contributed by atoms with Crippen LogP contribution in [0.1, 0.15) is 44.5 Å². The van der Waals surface area contributed by atoms with Crippen LogP contribution in [0.2, 0.25) is 0 Å². The van der Waals surface area contributed by atoms with Gasteiger partial charge < -0.3 is 0 Å². The first-order valence-corrected chi connectivity index (χ1v) is 11.4. The molecule has 0 fully saturated rings. The molecule has 1 aliphatic carbocycles. The van der Waals surface area contributed by atoms with Crippen LogP contribution in [0, 0.1) is 41.5 Å². The monoisotopic (exact) mass is 384 g/mol. The summed E-state index contributed by atoms with van der Waals surface area (Å²) >= 11 is 0. The second-order valence-corrected chi connectivity index (χ2v) is 10.3. The van der Waals surface area contributed by atoms with Crippen LogP contribution in [0.25, 0.3) is 5.31 Å². The predicted octanol–water partition coefficient (Wildman–Crippen LogP) is 6.57. The predicted molar refractivity (Wildman–Crippen MR) is 126 cm³/mol. The second-order valence-electron chi connectivity index (χ2n) is 8.28. The van der Waals surface area contributed by atoms with E-state index in [9.17, 15) is 0 Å². The second kappa shape index (κ2) is 7.34. The van der Waals surface area contributed by atoms with E-state index in [-0.39, 0.29) is 0 Å². The minimum Gasteiger partial charge on any atom is -0.0711 e. The van der Waals surface area contributed by atoms with E-state index in [4.69, 9.17) is 0 Å². The molecule has 1 aliphatic rings. The summed E-state index contributed by atoms with van der Waals surface area (Å²) in [4.78, 5) is 0. The fourth-order valence-corrected chi connectivity index (χ4v) is 7.99. The van der Waals surface area contributed by atoms with Crippen LogP contribution in [0.3, 0.4) is 0 Å². The van der Waals surface area contributed by atoms with Gasteiger partial charge in [-0.05, 0) is 105 Å². The highest BCUT2D eigenvalue weighted by atomic mass is 31.1. The van der Waals surface area contributed by atoms with E-state index in [1.165, 1.54) is 49.8 Å². The van der Waals surface area contributed by atoms with E-state index >= 15 is 0 Å². The van der Waals surface area contributed by atoms with Gasteiger partial charge in [0.25, 0.3) is 0 Å². The minimum absolute atomic E-state index is 0.586. The highest BCUT2D eigenvalue weighted by Crippen LogP contribution is 2.54. The molecule has 0 aliphatic heterocycles. The number of hydrogen-bond donors (Lipinski definition) is 0. The quantitative estimate of drug-likeness (QED) is 0.448. The molecule has 0 nitrogen and oxygen atoms in total. The molecule has 0 saturated carbocycles. The maximum atomic E-state index is 2.49. The Kier molecular flexibility index (Phi) is 5.02. The average molecular weight is 385 g/mol. The Labute approximate surface area is 171 Å². The van der Waals surface area contributed by atoms with Gasteiger partial charge in [-0.2, -0.15) is 0 Å². The maximum Gasteiger partial charge on any atom is -0.00814 e. The Balaban J connectivity index is 2.02. The van der Waals surface area contributed by atoms with Crippen molar-refractivity contribution in [1.29, 1.82) is 0 Å². The van der Waals surface area contributed by atoms with Gasteiger partial charge in [0, 0.05) is 0 Å². The minimum atomic E-state index is -0.586. The number of hydrogen-bond acceptors (Lipinski definition) is 0. The zero-order valence-corrected chi connectivity index (χ0v) is 18.7. The lowest BCUT2D eigenvalue weighted by molar-refractivity contribution is 1.31. The van der Waals surface area contributed by atoms with Gasteiger partial charge in [-0.25, -0.2) is 0 Å². The van der Waals surface area contributed by atoms with Crippen molar-refractivity contribution < 1.29 is 0 Å². The van der Waals surface area contributed by atoms with Gasteiger partial charge in [0.05, 0.1) is 0 Å². The molecule has 0 heterocycles. The van der Waals surface area contributed by atoms with Crippen LogP contribution in [-0.4, -0.2) is 0 Å². The lowest BCUT2D eigenvalue weighted by atomic mass is 10.1. The molecular weight excluding hydrogens is 355 g/mol. The van der Waals surface area contributed by atoms with Gasteiger partial charge in [-0.1, -0.05) is 65.7 Å². The summed E-state index contributed by atoms with van der Waals surface area (Å²) < 4.78 is 0. The van der Waals surface area contributed by atoms with Gasteiger partial charge in [0.15, 0.2) is 0 Å². The number of benzene rings is 3. The molecule has 4 rings (SSSR count). The molecule has 0 radical (unpaired) electrons. The summed E-state index contributed by atoms with van der Waals surface area (Å²) in [5.74, 6) is 0. The van der Waals surface area contributed by atoms with Crippen molar-refractivity contribution in [3.05, 3.63) is 99.1 Å². The SMILES string of the molecule is Cc1cc(C)c(P(C2=CCc3ccccc32)c2c(C)cc(C)cc2C)c(C)c1. The van der Waals surface area contributed by atoms with E-state index in [1.54, 1.807) is 10.6 Å². The largest absolute Gasteiger partial charge is 0.0711 e. The topological polar surface area (TPSA) is 0 Å². The first-order chi connectivity index (χ1) is 13.4. The Morgan fingerprint density at radius 2 is 1.11 bits per heavy atom. The highest BCUT2D eigenvalue weighted by Gasteiger charge is 2.29. The summed E-state index contributed by atoms with van der Waals surface area (Å²) in [5.41, 5.74) is 11.3. The molecule has 142 valence electrons. The molecule has 1 heteroatoms. The molecule has 0 bridgehead atoms. The van der Waals surface area contributed by atoms with Crippen LogP contribution in [0.15, 0.2) is 54.6 Å². The summed E-state index contributed by atoms with van der Waals surface area (Å²) in [7, 11) is -0.586. The third-order valence-corrected chi connectivity index (χ3v) is 8.98. The third kappa shape index (κ3) is 3.25. The Hall–Kier alpha value is -2.17. The van der Waals surface area contributed by atoms with Crippen LogP contribution < -0.4 is 10.6 Å². The number of rotatable bonds is 3. The zero-order chi connectivity index (χ0) is 20.0. The molecule has 0 amide bonds. The van der Waals surface area contributed by atoms with Crippen LogP contribution in [0.5, 0.6) is 0 Å². The van der Waals surface area contributed by atoms with Gasteiger partial charge in [-0.3, -0.25) is 0 Å². The number of aryl methyl sites for hydroxylation is 6. The van der Waals surface area contributed by atoms with Gasteiger partial charge in [-0.15, -0.1) is 0 Å². The summed E-state index contributed by atoms with van der Waals surface area (Å²) in [5, 5.41) is 4.62. The van der Waals surface area contributed by atoms with Crippen molar-refractivity contribution in [2.45, 2.75) is 48.0 Å². The fourth-order valence-electron chi connectivity index (χ4n) is 4.88. The number of fused-ring (bicyclic) bond motifs is 1. The van der Waals surface area contributed by atoms with Gasteiger partial charge in [0.2, 0.25) is 0 Å². The standard InChI is InChI=1S/C27H29P/c1-17-13-19(3)26(20(4)14-17)28(27-21(5)15-18(2)16-22(27)6)25-12-11-23-9-7-8-10-24(23)25/h7-10,12-16H,11H2,1-6H3. The lowest BCUT2D eigenvalue weighted by Crippen LogP contribution is -2.22. The Morgan fingerprint density at radius 3 is 1.61 bits per heavy atom. The van der Waals surface area contributed by atoms with Crippen LogP contribution in [-0.2, 0) is 6.42 Å². The van der Waals surface area contributed by atoms with Crippen LogP contribution >= 0.6 is 7.92 Å². The van der Waals surface area contributed by atoms with Crippen molar-refractivity contribution >= 4 is 23.8 Å². The van der Waals surface area contributed by atoms with Crippen molar-refractivity contribution in [3.8, 4) is 0 Å². The Morgan fingerprint density at radius 1 is 0.643 bits per heavy atom. The molecule has 0 atom stereocenters. The van der Waals surface area contributed by atoms with Crippen LogP contribution in [0.4, 0.5) is 0 Å². The zero-order valence-electron chi connectivity index (χ0n) is 17.9. The third-order valence-electron chi connectivity index (χ3n) is 5.77. The van der Waals surface area contributed by atoms with Crippen molar-refractivity contribution in [1.82, 2.24) is 0 Å². The van der Waals surface area contributed by atoms with E-state index < -0.39 is 7.92 Å². The lowest BCUT2D eigenvalue weighted by Gasteiger charge is -2.28. The number of allylic oxidation sites excluding steroid dienone is 1. The smallest absolute Gasteiger partial charge is 0.00814 e. The molecule has 3 aromatic carbocycles. The normalized spacial score (nSPS) is 13.0. The molecular formula is C27H29P. The molecule has 0 saturated heterocycles. The molecule has 0 aromatic heterocycles. The molecule has 3 aromatic rings. The highest BCUT2D eigenvalue weighted by molar-refractivity contribution is 7.82. The molecule has 0 spiro atoms. The first-order valence-electron chi connectivity index (χ1n) is 10.1. The van der Waals surface area contributed by atoms with Gasteiger partial charge >= 0.3 is 0 Å². The summed E-state index contributed by atoms with van der Waals surface area (Å²) in [6, 6.07) is 18.4. The molecule has 0 unspecified atom stereocenters. The van der Waals surface area contributed by atoms with E-state index in [1.807, 2.05) is 0 Å². The van der Waals surface area contributed by atoms with E-state index in [0.29, 0.717) is 0 Å². The molecule has 0 N–H and O–H groups in total. The summed E-state index contributed by atoms with van der Waals surface area (Å²) in [6.45, 7) is 13.6. The first kappa shape index (κ1) is 19.2. The maximum absolute atomic E-state index is 2.49. The van der Waals surface area contributed by atoms with Crippen molar-refractivity contribution in [2.75, 3.05) is 0 Å². The van der Waals surface area contributed by atoms with Crippen molar-refractivity contribution in [2.24, 2.45) is 0 Å². The average Bonchev–Trinajstić information content (AvgIpc) is 3.02. The Bertz CT molecular complexity index is 997. The van der Waals surface area contributed by atoms with E-state index in [0.717, 1.165) is 6.42 Å². The fraction of sp³-hybridized carbons (Fsp3) is 0.259. The van der Waals surface area contributed by atoms with Gasteiger partial charge in [0.1, 0.15) is 0 Å². The van der Waals surface area contributed by atoms with E-state index in [2.05, 4.69) is 96.1 Å². The van der Waals surface area contributed by atoms with Crippen molar-refractivity contribution in [3.63, 3.8) is 0 Å². The molecule has 28 heavy (non-hydrogen) atoms.